The SMILES string of the molecule is C[C@@H]1C(O)OC2CC3(C)C45C(OC(=O)[C@@H]4O)OC3(C(=O)OCC[C@H]5C(C)(C)C)[C@]21O. The Hall–Kier alpha value is -1.26. The van der Waals surface area contributed by atoms with Crippen LogP contribution in [0.5, 0.6) is 0 Å². The van der Waals surface area contributed by atoms with Crippen molar-refractivity contribution in [1.29, 1.82) is 0 Å². The second kappa shape index (κ2) is 5.56. The second-order valence-electron chi connectivity index (χ2n) is 10.9. The number of aliphatic hydroxyl groups excluding tert-OH is 2. The van der Waals surface area contributed by atoms with Crippen molar-refractivity contribution in [3.05, 3.63) is 0 Å². The first-order valence-electron chi connectivity index (χ1n) is 10.6. The monoisotopic (exact) mass is 426 g/mol. The number of ether oxygens (including phenoxy) is 4. The zero-order chi connectivity index (χ0) is 22.1. The molecular weight excluding hydrogens is 396 g/mol. The van der Waals surface area contributed by atoms with Gasteiger partial charge in [-0.1, -0.05) is 34.6 Å². The number of rotatable bonds is 0. The molecule has 6 unspecified atom stereocenters. The lowest BCUT2D eigenvalue weighted by Crippen LogP contribution is -2.70. The summed E-state index contributed by atoms with van der Waals surface area (Å²) >= 11 is 0. The molecule has 9 nitrogen and oxygen atoms in total. The summed E-state index contributed by atoms with van der Waals surface area (Å²) in [6.45, 7) is 9.39. The van der Waals surface area contributed by atoms with E-state index >= 15 is 0 Å². The van der Waals surface area contributed by atoms with Gasteiger partial charge in [0.2, 0.25) is 11.9 Å². The van der Waals surface area contributed by atoms with Gasteiger partial charge in [-0.2, -0.15) is 0 Å². The van der Waals surface area contributed by atoms with Crippen molar-refractivity contribution >= 4 is 11.9 Å². The Morgan fingerprint density at radius 1 is 1.17 bits per heavy atom. The molecule has 1 aliphatic carbocycles. The summed E-state index contributed by atoms with van der Waals surface area (Å²) in [5.41, 5.74) is -6.83. The molecule has 10 atom stereocenters. The van der Waals surface area contributed by atoms with Gasteiger partial charge in [0, 0.05) is 11.3 Å². The van der Waals surface area contributed by atoms with E-state index in [9.17, 15) is 24.9 Å². The molecule has 30 heavy (non-hydrogen) atoms. The molecule has 4 aliphatic heterocycles. The molecule has 5 fully saturated rings. The zero-order valence-corrected chi connectivity index (χ0v) is 17.9. The van der Waals surface area contributed by atoms with Gasteiger partial charge in [0.25, 0.3) is 0 Å². The minimum atomic E-state index is -1.96. The molecule has 0 radical (unpaired) electrons. The van der Waals surface area contributed by atoms with E-state index < -0.39 is 70.1 Å². The highest BCUT2D eigenvalue weighted by Gasteiger charge is 2.93. The Kier molecular flexibility index (Phi) is 3.82. The maximum atomic E-state index is 13.5. The summed E-state index contributed by atoms with van der Waals surface area (Å²) in [6.07, 6.45) is -4.49. The number of carbonyl (C=O) groups excluding carboxylic acids is 2. The molecule has 0 aromatic carbocycles. The lowest BCUT2D eigenvalue weighted by atomic mass is 9.46. The van der Waals surface area contributed by atoms with Crippen molar-refractivity contribution in [2.75, 3.05) is 6.61 Å². The molecule has 1 saturated carbocycles. The fourth-order valence-corrected chi connectivity index (χ4v) is 7.69. The minimum absolute atomic E-state index is 0.0515. The maximum Gasteiger partial charge on any atom is 0.342 e. The van der Waals surface area contributed by atoms with Gasteiger partial charge >= 0.3 is 11.9 Å². The van der Waals surface area contributed by atoms with Crippen LogP contribution in [0.15, 0.2) is 0 Å². The predicted octanol–water partition coefficient (Wildman–Crippen LogP) is 0.0892. The standard InChI is InChI=1S/C21H30O9/c1-9-13(23)28-11-8-18(5)19-10(17(2,3)4)6-7-27-15(25)21(18,20(9,11)26)30-16(19)29-14(24)12(19)22/h9-13,16,22-23,26H,6-8H2,1-5H3/t9-,10+,11?,12+,13?,16?,18?,19?,20-,21?/m1/s1. The topological polar surface area (TPSA) is 132 Å². The third-order valence-corrected chi connectivity index (χ3v) is 8.93. The smallest absolute Gasteiger partial charge is 0.342 e. The average molecular weight is 426 g/mol. The molecule has 9 heteroatoms. The lowest BCUT2D eigenvalue weighted by molar-refractivity contribution is -0.248. The molecule has 5 rings (SSSR count). The van der Waals surface area contributed by atoms with Crippen LogP contribution in [-0.4, -0.2) is 69.9 Å². The van der Waals surface area contributed by atoms with Crippen LogP contribution in [-0.2, 0) is 28.5 Å². The molecule has 5 aliphatic rings. The van der Waals surface area contributed by atoms with Gasteiger partial charge in [-0.15, -0.1) is 0 Å². The van der Waals surface area contributed by atoms with Crippen molar-refractivity contribution in [3.8, 4) is 0 Å². The molecule has 0 aromatic rings. The number of hydrogen-bond acceptors (Lipinski definition) is 9. The molecule has 0 amide bonds. The first-order valence-corrected chi connectivity index (χ1v) is 10.6. The zero-order valence-electron chi connectivity index (χ0n) is 17.9. The summed E-state index contributed by atoms with van der Waals surface area (Å²) in [5, 5.41) is 33.6. The van der Waals surface area contributed by atoms with E-state index in [1.165, 1.54) is 0 Å². The largest absolute Gasteiger partial charge is 0.463 e. The lowest BCUT2D eigenvalue weighted by Gasteiger charge is -2.54. The number of aliphatic hydroxyl groups is 3. The van der Waals surface area contributed by atoms with E-state index in [0.717, 1.165) is 0 Å². The van der Waals surface area contributed by atoms with E-state index in [4.69, 9.17) is 18.9 Å². The number of cyclic esters (lactones) is 1. The Balaban J connectivity index is 1.83. The van der Waals surface area contributed by atoms with Gasteiger partial charge in [0.15, 0.2) is 12.4 Å². The first kappa shape index (κ1) is 20.6. The van der Waals surface area contributed by atoms with E-state index in [-0.39, 0.29) is 18.9 Å². The Morgan fingerprint density at radius 3 is 2.47 bits per heavy atom. The van der Waals surface area contributed by atoms with Crippen molar-refractivity contribution in [2.24, 2.45) is 28.1 Å². The highest BCUT2D eigenvalue weighted by atomic mass is 16.7. The van der Waals surface area contributed by atoms with Gasteiger partial charge in [0.05, 0.1) is 18.1 Å². The highest BCUT2D eigenvalue weighted by Crippen LogP contribution is 2.78. The summed E-state index contributed by atoms with van der Waals surface area (Å²) < 4.78 is 23.1. The fourth-order valence-electron chi connectivity index (χ4n) is 7.69. The third-order valence-electron chi connectivity index (χ3n) is 8.93. The molecule has 3 N–H and O–H groups in total. The van der Waals surface area contributed by atoms with E-state index in [0.29, 0.717) is 6.42 Å². The van der Waals surface area contributed by atoms with Gasteiger partial charge in [0.1, 0.15) is 5.60 Å². The average Bonchev–Trinajstić information content (AvgIpc) is 3.18. The van der Waals surface area contributed by atoms with E-state index in [1.54, 1.807) is 13.8 Å². The summed E-state index contributed by atoms with van der Waals surface area (Å²) in [5.74, 6) is -2.77. The van der Waals surface area contributed by atoms with Crippen LogP contribution < -0.4 is 0 Å². The molecule has 4 saturated heterocycles. The molecule has 1 spiro atoms. The fraction of sp³-hybridized carbons (Fsp3) is 0.905. The molecule has 168 valence electrons. The van der Waals surface area contributed by atoms with Crippen LogP contribution in [0.1, 0.15) is 47.5 Å². The van der Waals surface area contributed by atoms with Crippen molar-refractivity contribution in [1.82, 2.24) is 0 Å². The molecule has 2 bridgehead atoms. The van der Waals surface area contributed by atoms with Crippen LogP contribution in [0.4, 0.5) is 0 Å². The van der Waals surface area contributed by atoms with Crippen LogP contribution in [0.25, 0.3) is 0 Å². The quantitative estimate of drug-likeness (QED) is 0.461. The van der Waals surface area contributed by atoms with Crippen LogP contribution in [0.2, 0.25) is 0 Å². The van der Waals surface area contributed by atoms with E-state index in [2.05, 4.69) is 0 Å². The van der Waals surface area contributed by atoms with E-state index in [1.807, 2.05) is 20.8 Å². The van der Waals surface area contributed by atoms with Crippen LogP contribution in [0, 0.1) is 28.1 Å². The highest BCUT2D eigenvalue weighted by molar-refractivity contribution is 5.87. The summed E-state index contributed by atoms with van der Waals surface area (Å²) in [4.78, 5) is 26.1. The van der Waals surface area contributed by atoms with Gasteiger partial charge in [-0.05, 0) is 24.2 Å². The molecule has 0 aromatic heterocycles. The Morgan fingerprint density at radius 2 is 1.83 bits per heavy atom. The summed E-state index contributed by atoms with van der Waals surface area (Å²) in [6, 6.07) is 0. The van der Waals surface area contributed by atoms with Crippen molar-refractivity contribution in [3.63, 3.8) is 0 Å². The van der Waals surface area contributed by atoms with Crippen molar-refractivity contribution in [2.45, 2.75) is 83.5 Å². The predicted molar refractivity (Wildman–Crippen MR) is 98.4 cm³/mol. The van der Waals surface area contributed by atoms with Gasteiger partial charge < -0.3 is 34.3 Å². The van der Waals surface area contributed by atoms with Crippen LogP contribution in [0.3, 0.4) is 0 Å². The number of hydrogen-bond donors (Lipinski definition) is 3. The Bertz CT molecular complexity index is 822. The minimum Gasteiger partial charge on any atom is -0.463 e. The number of carbonyl (C=O) groups is 2. The molecular formula is C21H30O9. The second-order valence-corrected chi connectivity index (χ2v) is 10.9. The number of fused-ring (bicyclic) bond motifs is 1. The van der Waals surface area contributed by atoms with Gasteiger partial charge in [-0.3, -0.25) is 0 Å². The van der Waals surface area contributed by atoms with Crippen LogP contribution >= 0.6 is 0 Å². The van der Waals surface area contributed by atoms with Gasteiger partial charge in [-0.25, -0.2) is 9.59 Å². The Labute approximate surface area is 174 Å². The molecule has 4 heterocycles. The van der Waals surface area contributed by atoms with Crippen molar-refractivity contribution < 1.29 is 43.9 Å². The first-order chi connectivity index (χ1) is 13.8. The normalized spacial score (nSPS) is 57.2. The maximum absolute atomic E-state index is 13.5. The number of esters is 2. The summed E-state index contributed by atoms with van der Waals surface area (Å²) in [7, 11) is 0. The third kappa shape index (κ3) is 1.78.